The highest BCUT2D eigenvalue weighted by atomic mass is 16.2. The molecule has 1 N–H and O–H groups in total. The second-order valence-corrected chi connectivity index (χ2v) is 7.24. The van der Waals surface area contributed by atoms with Crippen LogP contribution in [-0.4, -0.2) is 45.1 Å². The first-order valence-corrected chi connectivity index (χ1v) is 9.44. The molecule has 2 amide bonds. The van der Waals surface area contributed by atoms with Crippen LogP contribution in [0.1, 0.15) is 62.9 Å². The molecule has 2 unspecified atom stereocenters. The third-order valence-corrected chi connectivity index (χ3v) is 5.15. The maximum absolute atomic E-state index is 12.8. The van der Waals surface area contributed by atoms with Gasteiger partial charge >= 0.3 is 0 Å². The van der Waals surface area contributed by atoms with E-state index in [9.17, 15) is 9.59 Å². The zero-order valence-corrected chi connectivity index (χ0v) is 16.3. The lowest BCUT2D eigenvalue weighted by atomic mass is 9.99. The molecule has 2 heterocycles. The molecule has 0 radical (unpaired) electrons. The van der Waals surface area contributed by atoms with E-state index in [2.05, 4.69) is 17.3 Å². The molecule has 1 aromatic heterocycles. The summed E-state index contributed by atoms with van der Waals surface area (Å²) in [4.78, 5) is 26.9. The van der Waals surface area contributed by atoms with Crippen LogP contribution in [0.25, 0.3) is 0 Å². The van der Waals surface area contributed by atoms with Crippen molar-refractivity contribution in [1.29, 1.82) is 0 Å². The Labute approximate surface area is 151 Å². The van der Waals surface area contributed by atoms with Crippen molar-refractivity contribution >= 4 is 11.8 Å². The Hall–Kier alpha value is -1.85. The maximum atomic E-state index is 12.8. The predicted molar refractivity (Wildman–Crippen MR) is 98.3 cm³/mol. The first-order chi connectivity index (χ1) is 11.8. The topological polar surface area (TPSA) is 67.2 Å². The minimum atomic E-state index is -0.314. The van der Waals surface area contributed by atoms with Gasteiger partial charge in [-0.3, -0.25) is 14.3 Å². The molecule has 25 heavy (non-hydrogen) atoms. The highest BCUT2D eigenvalue weighted by Crippen LogP contribution is 2.19. The monoisotopic (exact) mass is 348 g/mol. The molecule has 2 atom stereocenters. The molecule has 2 rings (SSSR count). The smallest absolute Gasteiger partial charge is 0.243 e. The Morgan fingerprint density at radius 2 is 2.04 bits per heavy atom. The predicted octanol–water partition coefficient (Wildman–Crippen LogP) is 2.27. The fourth-order valence-electron chi connectivity index (χ4n) is 3.67. The Balaban J connectivity index is 2.00. The van der Waals surface area contributed by atoms with Gasteiger partial charge in [-0.05, 0) is 58.4 Å². The molecule has 1 aliphatic heterocycles. The van der Waals surface area contributed by atoms with Crippen LogP contribution >= 0.6 is 0 Å². The van der Waals surface area contributed by atoms with E-state index >= 15 is 0 Å². The van der Waals surface area contributed by atoms with E-state index in [0.29, 0.717) is 13.0 Å². The van der Waals surface area contributed by atoms with Crippen molar-refractivity contribution in [3.8, 4) is 0 Å². The number of piperidine rings is 1. The molecular formula is C19H32N4O2. The number of carbonyl (C=O) groups excluding carboxylic acids is 2. The van der Waals surface area contributed by atoms with Crippen LogP contribution in [0.4, 0.5) is 0 Å². The lowest BCUT2D eigenvalue weighted by Crippen LogP contribution is -2.53. The number of rotatable bonds is 6. The van der Waals surface area contributed by atoms with Crippen LogP contribution in [0.3, 0.4) is 0 Å². The van der Waals surface area contributed by atoms with E-state index in [-0.39, 0.29) is 23.9 Å². The van der Waals surface area contributed by atoms with Gasteiger partial charge < -0.3 is 10.2 Å². The SMILES string of the molecule is CCCC(=O)N1CCCCC1C(=O)NC(C)Cc1c(C)nn(C)c1C. The van der Waals surface area contributed by atoms with Gasteiger partial charge in [0.15, 0.2) is 0 Å². The third kappa shape index (κ3) is 4.61. The van der Waals surface area contributed by atoms with Crippen LogP contribution in [-0.2, 0) is 23.1 Å². The van der Waals surface area contributed by atoms with E-state index in [0.717, 1.165) is 43.5 Å². The van der Waals surface area contributed by atoms with Gasteiger partial charge in [0.2, 0.25) is 11.8 Å². The molecule has 6 nitrogen and oxygen atoms in total. The Kier molecular flexibility index (Phi) is 6.62. The number of aromatic nitrogens is 2. The number of nitrogens with one attached hydrogen (secondary N) is 1. The van der Waals surface area contributed by atoms with Crippen LogP contribution in [0.15, 0.2) is 0 Å². The highest BCUT2D eigenvalue weighted by Gasteiger charge is 2.32. The van der Waals surface area contributed by atoms with Crippen LogP contribution in [0, 0.1) is 13.8 Å². The Morgan fingerprint density at radius 1 is 1.32 bits per heavy atom. The lowest BCUT2D eigenvalue weighted by molar-refractivity contribution is -0.142. The van der Waals surface area contributed by atoms with Crippen molar-refractivity contribution in [2.24, 2.45) is 7.05 Å². The van der Waals surface area contributed by atoms with Crippen molar-refractivity contribution in [3.05, 3.63) is 17.0 Å². The lowest BCUT2D eigenvalue weighted by Gasteiger charge is -2.35. The first kappa shape index (κ1) is 19.5. The van der Waals surface area contributed by atoms with E-state index in [1.54, 1.807) is 4.90 Å². The molecule has 0 aromatic carbocycles. The van der Waals surface area contributed by atoms with Crippen LogP contribution < -0.4 is 5.32 Å². The summed E-state index contributed by atoms with van der Waals surface area (Å²) in [6.45, 7) is 8.77. The molecule has 1 fully saturated rings. The van der Waals surface area contributed by atoms with Gasteiger partial charge in [-0.2, -0.15) is 5.10 Å². The molecule has 140 valence electrons. The molecule has 0 bridgehead atoms. The number of amides is 2. The zero-order valence-electron chi connectivity index (χ0n) is 16.3. The fraction of sp³-hybridized carbons (Fsp3) is 0.737. The second-order valence-electron chi connectivity index (χ2n) is 7.24. The van der Waals surface area contributed by atoms with Crippen molar-refractivity contribution in [1.82, 2.24) is 20.0 Å². The maximum Gasteiger partial charge on any atom is 0.243 e. The van der Waals surface area contributed by atoms with Crippen molar-refractivity contribution in [2.75, 3.05) is 6.54 Å². The number of nitrogens with zero attached hydrogens (tertiary/aromatic N) is 3. The third-order valence-electron chi connectivity index (χ3n) is 5.15. The summed E-state index contributed by atoms with van der Waals surface area (Å²) < 4.78 is 1.88. The summed E-state index contributed by atoms with van der Waals surface area (Å²) in [7, 11) is 1.94. The second kappa shape index (κ2) is 8.50. The molecule has 0 saturated carbocycles. The van der Waals surface area contributed by atoms with Gasteiger partial charge in [0.05, 0.1) is 5.69 Å². The van der Waals surface area contributed by atoms with Gasteiger partial charge in [0, 0.05) is 31.7 Å². The summed E-state index contributed by atoms with van der Waals surface area (Å²) >= 11 is 0. The quantitative estimate of drug-likeness (QED) is 0.857. The molecule has 0 aliphatic carbocycles. The average Bonchev–Trinajstić information content (AvgIpc) is 2.81. The molecule has 1 aromatic rings. The van der Waals surface area contributed by atoms with Crippen LogP contribution in [0.5, 0.6) is 0 Å². The van der Waals surface area contributed by atoms with Gasteiger partial charge in [0.25, 0.3) is 0 Å². The number of likely N-dealkylation sites (tertiary alicyclic amines) is 1. The van der Waals surface area contributed by atoms with Crippen LogP contribution in [0.2, 0.25) is 0 Å². The summed E-state index contributed by atoms with van der Waals surface area (Å²) in [5, 5.41) is 7.56. The minimum Gasteiger partial charge on any atom is -0.352 e. The number of hydrogen-bond donors (Lipinski definition) is 1. The van der Waals surface area contributed by atoms with Gasteiger partial charge in [0.1, 0.15) is 6.04 Å². The molecule has 1 aliphatic rings. The summed E-state index contributed by atoms with van der Waals surface area (Å²) in [6.07, 6.45) is 4.85. The van der Waals surface area contributed by atoms with Crippen molar-refractivity contribution in [3.63, 3.8) is 0 Å². The van der Waals surface area contributed by atoms with E-state index in [1.165, 1.54) is 5.56 Å². The van der Waals surface area contributed by atoms with E-state index in [1.807, 2.05) is 32.5 Å². The molecule has 0 spiro atoms. The standard InChI is InChI=1S/C19H32N4O2/c1-6-9-18(24)23-11-8-7-10-17(23)19(25)20-13(2)12-16-14(3)21-22(5)15(16)4/h13,17H,6-12H2,1-5H3,(H,20,25). The zero-order chi connectivity index (χ0) is 18.6. The molecular weight excluding hydrogens is 316 g/mol. The fourth-order valence-corrected chi connectivity index (χ4v) is 3.67. The summed E-state index contributed by atoms with van der Waals surface area (Å²) in [5.74, 6) is 0.0878. The first-order valence-electron chi connectivity index (χ1n) is 9.44. The normalized spacial score (nSPS) is 18.9. The van der Waals surface area contributed by atoms with Gasteiger partial charge in [-0.15, -0.1) is 0 Å². The number of carbonyl (C=O) groups is 2. The van der Waals surface area contributed by atoms with Crippen molar-refractivity contribution in [2.45, 2.75) is 78.3 Å². The summed E-state index contributed by atoms with van der Waals surface area (Å²) in [5.41, 5.74) is 3.34. The van der Waals surface area contributed by atoms with Gasteiger partial charge in [-0.1, -0.05) is 6.92 Å². The summed E-state index contributed by atoms with van der Waals surface area (Å²) in [6, 6.07) is -0.300. The van der Waals surface area contributed by atoms with Crippen molar-refractivity contribution < 1.29 is 9.59 Å². The highest BCUT2D eigenvalue weighted by molar-refractivity contribution is 5.88. The Bertz CT molecular complexity index is 623. The Morgan fingerprint density at radius 3 is 2.64 bits per heavy atom. The number of hydrogen-bond acceptors (Lipinski definition) is 3. The van der Waals surface area contributed by atoms with E-state index in [4.69, 9.17) is 0 Å². The number of aryl methyl sites for hydroxylation is 2. The molecule has 1 saturated heterocycles. The average molecular weight is 348 g/mol. The van der Waals surface area contributed by atoms with E-state index < -0.39 is 0 Å². The largest absolute Gasteiger partial charge is 0.352 e. The molecule has 6 heteroatoms. The van der Waals surface area contributed by atoms with Gasteiger partial charge in [-0.25, -0.2) is 0 Å². The minimum absolute atomic E-state index is 0.0131.